The normalized spacial score (nSPS) is 24.4. The Labute approximate surface area is 83.0 Å². The number of hydrogen-bond donors (Lipinski definition) is 1. The number of rotatable bonds is 1. The van der Waals surface area contributed by atoms with Crippen LogP contribution in [0.4, 0.5) is 0 Å². The minimum absolute atomic E-state index is 0.102. The first kappa shape index (κ1) is 9.40. The summed E-state index contributed by atoms with van der Waals surface area (Å²) in [6.07, 6.45) is 3.18. The SMILES string of the molecule is CC1=CC(=O)N(C2CCNCC2)C1=O. The molecule has 2 amide bonds. The summed E-state index contributed by atoms with van der Waals surface area (Å²) in [7, 11) is 0. The van der Waals surface area contributed by atoms with E-state index in [1.54, 1.807) is 6.92 Å². The molecule has 0 aromatic heterocycles. The largest absolute Gasteiger partial charge is 0.317 e. The molecule has 1 saturated heterocycles. The van der Waals surface area contributed by atoms with Crippen LogP contribution in [0.15, 0.2) is 11.6 Å². The quantitative estimate of drug-likeness (QED) is 0.600. The van der Waals surface area contributed by atoms with Crippen LogP contribution in [0.25, 0.3) is 0 Å². The first-order valence-electron chi connectivity index (χ1n) is 4.96. The van der Waals surface area contributed by atoms with Crippen LogP contribution in [-0.2, 0) is 9.59 Å². The average molecular weight is 194 g/mol. The zero-order chi connectivity index (χ0) is 10.1. The van der Waals surface area contributed by atoms with Crippen molar-refractivity contribution in [3.63, 3.8) is 0 Å². The standard InChI is InChI=1S/C10H14N2O2/c1-7-6-9(13)12(10(7)14)8-2-4-11-5-3-8/h6,8,11H,2-5H2,1H3. The van der Waals surface area contributed by atoms with Crippen molar-refractivity contribution < 1.29 is 9.59 Å². The average Bonchev–Trinajstić information content (AvgIpc) is 2.43. The minimum atomic E-state index is -0.139. The second-order valence-electron chi connectivity index (χ2n) is 3.82. The van der Waals surface area contributed by atoms with E-state index in [1.165, 1.54) is 11.0 Å². The highest BCUT2D eigenvalue weighted by Gasteiger charge is 2.34. The predicted octanol–water partition coefficient (Wildman–Crippen LogP) is 0.0535. The van der Waals surface area contributed by atoms with E-state index in [4.69, 9.17) is 0 Å². The third-order valence-corrected chi connectivity index (χ3v) is 2.81. The van der Waals surface area contributed by atoms with Crippen molar-refractivity contribution in [3.8, 4) is 0 Å². The summed E-state index contributed by atoms with van der Waals surface area (Å²) in [4.78, 5) is 24.5. The van der Waals surface area contributed by atoms with Gasteiger partial charge in [0.2, 0.25) is 0 Å². The van der Waals surface area contributed by atoms with Crippen LogP contribution < -0.4 is 5.32 Å². The van der Waals surface area contributed by atoms with Crippen LogP contribution in [0.2, 0.25) is 0 Å². The third kappa shape index (κ3) is 1.46. The van der Waals surface area contributed by atoms with Crippen LogP contribution >= 0.6 is 0 Å². The Bertz CT molecular complexity index is 303. The third-order valence-electron chi connectivity index (χ3n) is 2.81. The molecule has 0 saturated carbocycles. The summed E-state index contributed by atoms with van der Waals surface area (Å²) in [6.45, 7) is 3.48. The molecule has 2 aliphatic heterocycles. The van der Waals surface area contributed by atoms with Crippen molar-refractivity contribution in [2.45, 2.75) is 25.8 Å². The molecule has 0 unspecified atom stereocenters. The maximum atomic E-state index is 11.6. The molecule has 2 heterocycles. The highest BCUT2D eigenvalue weighted by Crippen LogP contribution is 2.20. The fourth-order valence-electron chi connectivity index (χ4n) is 2.02. The lowest BCUT2D eigenvalue weighted by atomic mass is 10.1. The van der Waals surface area contributed by atoms with Gasteiger partial charge in [-0.1, -0.05) is 0 Å². The van der Waals surface area contributed by atoms with Gasteiger partial charge in [0.05, 0.1) is 0 Å². The summed E-state index contributed by atoms with van der Waals surface area (Å²) < 4.78 is 0. The smallest absolute Gasteiger partial charge is 0.256 e. The van der Waals surface area contributed by atoms with Crippen molar-refractivity contribution in [2.24, 2.45) is 0 Å². The number of carbonyl (C=O) groups is 2. The number of amides is 2. The Kier molecular flexibility index (Phi) is 2.37. The maximum absolute atomic E-state index is 11.6. The predicted molar refractivity (Wildman–Crippen MR) is 51.5 cm³/mol. The molecule has 2 aliphatic rings. The van der Waals surface area contributed by atoms with E-state index >= 15 is 0 Å². The highest BCUT2D eigenvalue weighted by molar-refractivity contribution is 6.16. The number of hydrogen-bond acceptors (Lipinski definition) is 3. The zero-order valence-corrected chi connectivity index (χ0v) is 8.25. The van der Waals surface area contributed by atoms with Gasteiger partial charge in [-0.3, -0.25) is 14.5 Å². The van der Waals surface area contributed by atoms with Crippen molar-refractivity contribution in [3.05, 3.63) is 11.6 Å². The summed E-state index contributed by atoms with van der Waals surface area (Å²) in [6, 6.07) is 0.102. The molecule has 0 spiro atoms. The second-order valence-corrected chi connectivity index (χ2v) is 3.82. The van der Waals surface area contributed by atoms with E-state index in [1.807, 2.05) is 0 Å². The van der Waals surface area contributed by atoms with E-state index in [0.29, 0.717) is 5.57 Å². The maximum Gasteiger partial charge on any atom is 0.256 e. The van der Waals surface area contributed by atoms with Crippen molar-refractivity contribution >= 4 is 11.8 Å². The Balaban J connectivity index is 2.11. The molecule has 1 N–H and O–H groups in total. The second kappa shape index (κ2) is 3.53. The fraction of sp³-hybridized carbons (Fsp3) is 0.600. The molecule has 14 heavy (non-hydrogen) atoms. The Morgan fingerprint density at radius 3 is 2.50 bits per heavy atom. The number of imide groups is 1. The van der Waals surface area contributed by atoms with E-state index < -0.39 is 0 Å². The van der Waals surface area contributed by atoms with Gasteiger partial charge in [-0.05, 0) is 32.9 Å². The summed E-state index contributed by atoms with van der Waals surface area (Å²) in [5.41, 5.74) is 0.563. The lowest BCUT2D eigenvalue weighted by Gasteiger charge is -2.30. The zero-order valence-electron chi connectivity index (χ0n) is 8.25. The van der Waals surface area contributed by atoms with Gasteiger partial charge < -0.3 is 5.32 Å². The summed E-state index contributed by atoms with van der Waals surface area (Å²) in [5, 5.41) is 3.21. The Hall–Kier alpha value is -1.16. The molecule has 0 aromatic carbocycles. The van der Waals surface area contributed by atoms with Gasteiger partial charge in [-0.2, -0.15) is 0 Å². The molecule has 0 aliphatic carbocycles. The number of nitrogens with one attached hydrogen (secondary N) is 1. The van der Waals surface area contributed by atoms with Gasteiger partial charge in [0.15, 0.2) is 0 Å². The van der Waals surface area contributed by atoms with Gasteiger partial charge in [-0.25, -0.2) is 0 Å². The van der Waals surface area contributed by atoms with Gasteiger partial charge in [0.25, 0.3) is 11.8 Å². The Morgan fingerprint density at radius 1 is 1.36 bits per heavy atom. The molecular formula is C10H14N2O2. The number of nitrogens with zero attached hydrogens (tertiary/aromatic N) is 1. The van der Waals surface area contributed by atoms with E-state index in [0.717, 1.165) is 25.9 Å². The van der Waals surface area contributed by atoms with Crippen LogP contribution in [0.5, 0.6) is 0 Å². The molecule has 0 atom stereocenters. The van der Waals surface area contributed by atoms with E-state index in [2.05, 4.69) is 5.32 Å². The van der Waals surface area contributed by atoms with Gasteiger partial charge in [0, 0.05) is 17.7 Å². The molecule has 2 rings (SSSR count). The number of carbonyl (C=O) groups excluding carboxylic acids is 2. The summed E-state index contributed by atoms with van der Waals surface area (Å²) >= 11 is 0. The first-order valence-corrected chi connectivity index (χ1v) is 4.96. The molecule has 0 aromatic rings. The van der Waals surface area contributed by atoms with Crippen LogP contribution in [0.3, 0.4) is 0 Å². The fourth-order valence-corrected chi connectivity index (χ4v) is 2.02. The molecule has 0 bridgehead atoms. The van der Waals surface area contributed by atoms with Crippen LogP contribution in [-0.4, -0.2) is 35.8 Å². The monoisotopic (exact) mass is 194 g/mol. The van der Waals surface area contributed by atoms with E-state index in [-0.39, 0.29) is 17.9 Å². The molecule has 4 nitrogen and oxygen atoms in total. The molecule has 1 fully saturated rings. The van der Waals surface area contributed by atoms with Crippen LogP contribution in [0.1, 0.15) is 19.8 Å². The highest BCUT2D eigenvalue weighted by atomic mass is 16.2. The first-order chi connectivity index (χ1) is 6.70. The summed E-state index contributed by atoms with van der Waals surface area (Å²) in [5.74, 6) is -0.249. The van der Waals surface area contributed by atoms with Gasteiger partial charge >= 0.3 is 0 Å². The molecule has 4 heteroatoms. The topological polar surface area (TPSA) is 49.4 Å². The van der Waals surface area contributed by atoms with Crippen molar-refractivity contribution in [1.82, 2.24) is 10.2 Å². The Morgan fingerprint density at radius 2 is 2.00 bits per heavy atom. The molecular weight excluding hydrogens is 180 g/mol. The lowest BCUT2D eigenvalue weighted by molar-refractivity contribution is -0.140. The van der Waals surface area contributed by atoms with E-state index in [9.17, 15) is 9.59 Å². The van der Waals surface area contributed by atoms with Gasteiger partial charge in [-0.15, -0.1) is 0 Å². The lowest BCUT2D eigenvalue weighted by Crippen LogP contribution is -2.46. The van der Waals surface area contributed by atoms with Gasteiger partial charge in [0.1, 0.15) is 0 Å². The minimum Gasteiger partial charge on any atom is -0.317 e. The molecule has 0 radical (unpaired) electrons. The number of piperidine rings is 1. The van der Waals surface area contributed by atoms with Crippen molar-refractivity contribution in [2.75, 3.05) is 13.1 Å². The van der Waals surface area contributed by atoms with Crippen molar-refractivity contribution in [1.29, 1.82) is 0 Å². The van der Waals surface area contributed by atoms with Crippen LogP contribution in [0, 0.1) is 0 Å². The molecule has 76 valence electrons.